The summed E-state index contributed by atoms with van der Waals surface area (Å²) in [6.45, 7) is 3.32. The predicted octanol–water partition coefficient (Wildman–Crippen LogP) is 0.972. The van der Waals surface area contributed by atoms with Gasteiger partial charge in [0.1, 0.15) is 11.6 Å². The first-order valence-electron chi connectivity index (χ1n) is 3.73. The highest BCUT2D eigenvalue weighted by atomic mass is 35.5. The van der Waals surface area contributed by atoms with Crippen LogP contribution in [0.15, 0.2) is 0 Å². The average Bonchev–Trinajstić information content (AvgIpc) is 2.43. The fourth-order valence-corrected chi connectivity index (χ4v) is 1.19. The first-order chi connectivity index (χ1) is 5.79. The highest BCUT2D eigenvalue weighted by molar-refractivity contribution is 6.16. The van der Waals surface area contributed by atoms with Crippen LogP contribution in [0.2, 0.25) is 0 Å². The van der Waals surface area contributed by atoms with Gasteiger partial charge in [0.25, 0.3) is 0 Å². The van der Waals surface area contributed by atoms with Crippen LogP contribution >= 0.6 is 11.6 Å². The van der Waals surface area contributed by atoms with E-state index in [1.54, 1.807) is 7.11 Å². The summed E-state index contributed by atoms with van der Waals surface area (Å²) in [6, 6.07) is 0. The summed E-state index contributed by atoms with van der Waals surface area (Å²) in [5.41, 5.74) is 0. The summed E-state index contributed by atoms with van der Waals surface area (Å²) in [5.74, 6) is 2.07. The van der Waals surface area contributed by atoms with Gasteiger partial charge in [0.15, 0.2) is 0 Å². The van der Waals surface area contributed by atoms with E-state index < -0.39 is 0 Å². The maximum atomic E-state index is 5.66. The number of ether oxygens (including phenoxy) is 1. The van der Waals surface area contributed by atoms with Gasteiger partial charge in [-0.25, -0.2) is 0 Å². The Balaban J connectivity index is 2.72. The number of hydrogen-bond donors (Lipinski definition) is 0. The van der Waals surface area contributed by atoms with Crippen LogP contribution in [0.1, 0.15) is 11.6 Å². The lowest BCUT2D eigenvalue weighted by Crippen LogP contribution is -2.08. The fourth-order valence-electron chi connectivity index (χ4n) is 0.997. The second-order valence-corrected chi connectivity index (χ2v) is 2.71. The summed E-state index contributed by atoms with van der Waals surface area (Å²) >= 11 is 5.66. The Morgan fingerprint density at radius 2 is 2.25 bits per heavy atom. The summed E-state index contributed by atoms with van der Waals surface area (Å²) in [5, 5.41) is 7.83. The molecule has 0 amide bonds. The number of aromatic nitrogens is 3. The van der Waals surface area contributed by atoms with E-state index in [1.165, 1.54) is 0 Å². The minimum Gasteiger partial charge on any atom is -0.383 e. The predicted molar refractivity (Wildman–Crippen MR) is 46.2 cm³/mol. The zero-order valence-electron chi connectivity index (χ0n) is 7.25. The zero-order valence-corrected chi connectivity index (χ0v) is 8.01. The molecular formula is C7H12ClN3O. The van der Waals surface area contributed by atoms with Gasteiger partial charge in [-0.3, -0.25) is 0 Å². The molecule has 0 aromatic carbocycles. The zero-order chi connectivity index (χ0) is 8.97. The van der Waals surface area contributed by atoms with E-state index in [4.69, 9.17) is 16.3 Å². The van der Waals surface area contributed by atoms with Crippen molar-refractivity contribution in [2.75, 3.05) is 13.7 Å². The van der Waals surface area contributed by atoms with Gasteiger partial charge in [-0.1, -0.05) is 0 Å². The molecule has 0 aliphatic rings. The molecule has 0 saturated heterocycles. The molecule has 1 aromatic rings. The van der Waals surface area contributed by atoms with Gasteiger partial charge in [-0.2, -0.15) is 0 Å². The second-order valence-electron chi connectivity index (χ2n) is 2.44. The number of hydrogen-bond acceptors (Lipinski definition) is 3. The van der Waals surface area contributed by atoms with E-state index in [0.717, 1.165) is 18.2 Å². The van der Waals surface area contributed by atoms with Crippen molar-refractivity contribution in [1.29, 1.82) is 0 Å². The van der Waals surface area contributed by atoms with Crippen LogP contribution in [0, 0.1) is 6.92 Å². The highest BCUT2D eigenvalue weighted by Gasteiger charge is 2.05. The van der Waals surface area contributed by atoms with Gasteiger partial charge < -0.3 is 9.30 Å². The summed E-state index contributed by atoms with van der Waals surface area (Å²) < 4.78 is 6.91. The van der Waals surface area contributed by atoms with Crippen LogP contribution in [0.5, 0.6) is 0 Å². The van der Waals surface area contributed by atoms with Crippen molar-refractivity contribution in [3.05, 3.63) is 11.6 Å². The molecule has 0 aliphatic heterocycles. The Morgan fingerprint density at radius 3 is 2.83 bits per heavy atom. The molecule has 12 heavy (non-hydrogen) atoms. The minimum atomic E-state index is 0.393. The van der Waals surface area contributed by atoms with Crippen molar-refractivity contribution < 1.29 is 4.74 Å². The Labute approximate surface area is 76.5 Å². The summed E-state index contributed by atoms with van der Waals surface area (Å²) in [6.07, 6.45) is 0. The van der Waals surface area contributed by atoms with Gasteiger partial charge in [-0.05, 0) is 6.92 Å². The van der Waals surface area contributed by atoms with Crippen LogP contribution < -0.4 is 0 Å². The van der Waals surface area contributed by atoms with Gasteiger partial charge in [0.2, 0.25) is 0 Å². The van der Waals surface area contributed by atoms with E-state index in [0.29, 0.717) is 12.5 Å². The van der Waals surface area contributed by atoms with Crippen molar-refractivity contribution in [1.82, 2.24) is 14.8 Å². The van der Waals surface area contributed by atoms with Crippen molar-refractivity contribution in [3.63, 3.8) is 0 Å². The van der Waals surface area contributed by atoms with E-state index in [1.807, 2.05) is 11.5 Å². The average molecular weight is 190 g/mol. The SMILES string of the molecule is COCCn1c(C)nnc1CCl. The molecule has 4 nitrogen and oxygen atoms in total. The molecule has 5 heteroatoms. The molecule has 1 heterocycles. The molecule has 0 fully saturated rings. The summed E-state index contributed by atoms with van der Waals surface area (Å²) in [4.78, 5) is 0. The molecule has 0 aliphatic carbocycles. The largest absolute Gasteiger partial charge is 0.383 e. The highest BCUT2D eigenvalue weighted by Crippen LogP contribution is 2.03. The third-order valence-electron chi connectivity index (χ3n) is 1.65. The number of methoxy groups -OCH3 is 1. The monoisotopic (exact) mass is 189 g/mol. The Kier molecular flexibility index (Phi) is 3.49. The fraction of sp³-hybridized carbons (Fsp3) is 0.714. The normalized spacial score (nSPS) is 10.6. The Morgan fingerprint density at radius 1 is 1.50 bits per heavy atom. The lowest BCUT2D eigenvalue weighted by atomic mass is 10.5. The molecule has 1 aromatic heterocycles. The van der Waals surface area contributed by atoms with Crippen LogP contribution in [0.4, 0.5) is 0 Å². The minimum absolute atomic E-state index is 0.393. The molecule has 68 valence electrons. The van der Waals surface area contributed by atoms with Gasteiger partial charge in [-0.15, -0.1) is 21.8 Å². The topological polar surface area (TPSA) is 39.9 Å². The molecule has 0 radical (unpaired) electrons. The van der Waals surface area contributed by atoms with Gasteiger partial charge in [0.05, 0.1) is 12.5 Å². The number of alkyl halides is 1. The van der Waals surface area contributed by atoms with Crippen LogP contribution in [0.3, 0.4) is 0 Å². The van der Waals surface area contributed by atoms with Gasteiger partial charge in [0, 0.05) is 13.7 Å². The lowest BCUT2D eigenvalue weighted by molar-refractivity contribution is 0.186. The lowest BCUT2D eigenvalue weighted by Gasteiger charge is -2.04. The van der Waals surface area contributed by atoms with E-state index in [-0.39, 0.29) is 0 Å². The standard InChI is InChI=1S/C7H12ClN3O/c1-6-9-10-7(5-8)11(6)3-4-12-2/h3-5H2,1-2H3. The molecule has 0 spiro atoms. The van der Waals surface area contributed by atoms with Crippen molar-refractivity contribution >= 4 is 11.6 Å². The first-order valence-corrected chi connectivity index (χ1v) is 4.26. The number of aryl methyl sites for hydroxylation is 1. The summed E-state index contributed by atoms with van der Waals surface area (Å²) in [7, 11) is 1.67. The molecule has 1 rings (SSSR count). The van der Waals surface area contributed by atoms with Crippen molar-refractivity contribution in [2.24, 2.45) is 0 Å². The maximum absolute atomic E-state index is 5.66. The van der Waals surface area contributed by atoms with E-state index in [2.05, 4.69) is 10.2 Å². The third-order valence-corrected chi connectivity index (χ3v) is 1.89. The van der Waals surface area contributed by atoms with E-state index in [9.17, 15) is 0 Å². The third kappa shape index (κ3) is 1.95. The Hall–Kier alpha value is -0.610. The quantitative estimate of drug-likeness (QED) is 0.663. The number of halogens is 1. The van der Waals surface area contributed by atoms with Crippen molar-refractivity contribution in [3.8, 4) is 0 Å². The van der Waals surface area contributed by atoms with E-state index >= 15 is 0 Å². The molecule has 0 bridgehead atoms. The molecule has 0 saturated carbocycles. The number of nitrogens with zero attached hydrogens (tertiary/aromatic N) is 3. The maximum Gasteiger partial charge on any atom is 0.148 e. The molecule has 0 N–H and O–H groups in total. The first kappa shape index (κ1) is 9.48. The smallest absolute Gasteiger partial charge is 0.148 e. The van der Waals surface area contributed by atoms with Crippen LogP contribution in [-0.2, 0) is 17.2 Å². The van der Waals surface area contributed by atoms with Crippen molar-refractivity contribution in [2.45, 2.75) is 19.3 Å². The molecule has 0 atom stereocenters. The second kappa shape index (κ2) is 4.42. The number of rotatable bonds is 4. The molecule has 0 unspecified atom stereocenters. The van der Waals surface area contributed by atoms with Gasteiger partial charge >= 0.3 is 0 Å². The van der Waals surface area contributed by atoms with Crippen LogP contribution in [0.25, 0.3) is 0 Å². The Bertz CT molecular complexity index is 249. The van der Waals surface area contributed by atoms with Crippen LogP contribution in [-0.4, -0.2) is 28.5 Å². The molecular weight excluding hydrogens is 178 g/mol.